The first kappa shape index (κ1) is 21.3. The van der Waals surface area contributed by atoms with Gasteiger partial charge in [0.1, 0.15) is 5.37 Å². The number of thioether (sulfide) groups is 1. The van der Waals surface area contributed by atoms with Crippen LogP contribution < -0.4 is 5.32 Å². The summed E-state index contributed by atoms with van der Waals surface area (Å²) in [4.78, 5) is 27.2. The SMILES string of the molecule is O=C(Nc1ccc2ccccc2c1)c1ccc([C@H]2SCC(=O)N2CCc2ccccc2)cc1. The van der Waals surface area contributed by atoms with Crippen molar-refractivity contribution in [1.82, 2.24) is 4.90 Å². The first-order chi connectivity index (χ1) is 16.2. The molecule has 0 aromatic heterocycles. The van der Waals surface area contributed by atoms with Crippen molar-refractivity contribution < 1.29 is 9.59 Å². The molecule has 1 fully saturated rings. The van der Waals surface area contributed by atoms with Crippen LogP contribution in [0.15, 0.2) is 97.1 Å². The zero-order chi connectivity index (χ0) is 22.6. The Kier molecular flexibility index (Phi) is 6.13. The number of fused-ring (bicyclic) bond motifs is 1. The number of carbonyl (C=O) groups is 2. The van der Waals surface area contributed by atoms with Gasteiger partial charge in [0.2, 0.25) is 5.91 Å². The summed E-state index contributed by atoms with van der Waals surface area (Å²) in [6, 6.07) is 31.8. The van der Waals surface area contributed by atoms with Gasteiger partial charge in [-0.15, -0.1) is 11.8 Å². The molecule has 4 nitrogen and oxygen atoms in total. The Labute approximate surface area is 197 Å². The normalized spacial score (nSPS) is 15.7. The Morgan fingerprint density at radius 3 is 2.39 bits per heavy atom. The van der Waals surface area contributed by atoms with E-state index in [2.05, 4.69) is 23.5 Å². The van der Waals surface area contributed by atoms with Gasteiger partial charge in [0, 0.05) is 17.8 Å². The molecule has 0 saturated carbocycles. The topological polar surface area (TPSA) is 49.4 Å². The Morgan fingerprint density at radius 1 is 0.879 bits per heavy atom. The monoisotopic (exact) mass is 452 g/mol. The molecule has 164 valence electrons. The molecule has 1 aliphatic rings. The number of rotatable bonds is 6. The third-order valence-electron chi connectivity index (χ3n) is 5.92. The molecule has 5 heteroatoms. The maximum absolute atomic E-state index is 12.8. The van der Waals surface area contributed by atoms with Crippen molar-refractivity contribution >= 4 is 40.0 Å². The van der Waals surface area contributed by atoms with E-state index in [0.29, 0.717) is 17.9 Å². The van der Waals surface area contributed by atoms with Crippen LogP contribution in [0.25, 0.3) is 10.8 Å². The summed E-state index contributed by atoms with van der Waals surface area (Å²) in [6.07, 6.45) is 0.829. The number of hydrogen-bond acceptors (Lipinski definition) is 3. The Hall–Kier alpha value is -3.57. The first-order valence-corrected chi connectivity index (χ1v) is 12.1. The van der Waals surface area contributed by atoms with Crippen molar-refractivity contribution in [2.24, 2.45) is 0 Å². The van der Waals surface area contributed by atoms with Crippen LogP contribution in [-0.2, 0) is 11.2 Å². The van der Waals surface area contributed by atoms with Crippen molar-refractivity contribution in [3.63, 3.8) is 0 Å². The fourth-order valence-corrected chi connectivity index (χ4v) is 5.35. The van der Waals surface area contributed by atoms with Crippen LogP contribution in [0.4, 0.5) is 5.69 Å². The van der Waals surface area contributed by atoms with Crippen LogP contribution in [0.5, 0.6) is 0 Å². The molecule has 0 aliphatic carbocycles. The van der Waals surface area contributed by atoms with Crippen molar-refractivity contribution in [2.45, 2.75) is 11.8 Å². The molecule has 1 heterocycles. The molecule has 1 atom stereocenters. The van der Waals surface area contributed by atoms with Gasteiger partial charge in [0.15, 0.2) is 0 Å². The van der Waals surface area contributed by atoms with Crippen LogP contribution in [0.1, 0.15) is 26.9 Å². The fraction of sp³-hybridized carbons (Fsp3) is 0.143. The van der Waals surface area contributed by atoms with E-state index in [1.54, 1.807) is 11.8 Å². The van der Waals surface area contributed by atoms with Gasteiger partial charge in [-0.3, -0.25) is 9.59 Å². The fourth-order valence-electron chi connectivity index (χ4n) is 4.14. The van der Waals surface area contributed by atoms with Crippen LogP contribution in [-0.4, -0.2) is 29.0 Å². The molecule has 0 spiro atoms. The van der Waals surface area contributed by atoms with Gasteiger partial charge in [-0.05, 0) is 52.6 Å². The summed E-state index contributed by atoms with van der Waals surface area (Å²) in [6.45, 7) is 0.685. The van der Waals surface area contributed by atoms with E-state index in [-0.39, 0.29) is 17.2 Å². The predicted molar refractivity (Wildman–Crippen MR) is 135 cm³/mol. The molecular weight excluding hydrogens is 428 g/mol. The molecule has 1 aliphatic heterocycles. The van der Waals surface area contributed by atoms with Crippen LogP contribution in [0.3, 0.4) is 0 Å². The second-order valence-electron chi connectivity index (χ2n) is 8.12. The molecule has 0 bridgehead atoms. The van der Waals surface area contributed by atoms with Gasteiger partial charge in [0.05, 0.1) is 5.75 Å². The van der Waals surface area contributed by atoms with Crippen molar-refractivity contribution in [2.75, 3.05) is 17.6 Å². The molecule has 1 saturated heterocycles. The highest BCUT2D eigenvalue weighted by Gasteiger charge is 2.32. The smallest absolute Gasteiger partial charge is 0.255 e. The predicted octanol–water partition coefficient (Wildman–Crippen LogP) is 5.91. The van der Waals surface area contributed by atoms with Crippen molar-refractivity contribution in [3.05, 3.63) is 114 Å². The van der Waals surface area contributed by atoms with E-state index in [1.807, 2.05) is 83.8 Å². The number of anilines is 1. The van der Waals surface area contributed by atoms with Crippen molar-refractivity contribution in [3.8, 4) is 0 Å². The average Bonchev–Trinajstić information content (AvgIpc) is 3.23. The second-order valence-corrected chi connectivity index (χ2v) is 9.19. The zero-order valence-corrected chi connectivity index (χ0v) is 18.9. The summed E-state index contributed by atoms with van der Waals surface area (Å²) >= 11 is 1.64. The van der Waals surface area contributed by atoms with E-state index in [0.717, 1.165) is 28.4 Å². The maximum atomic E-state index is 12.8. The number of nitrogens with zero attached hydrogens (tertiary/aromatic N) is 1. The van der Waals surface area contributed by atoms with Gasteiger partial charge in [-0.25, -0.2) is 0 Å². The molecule has 1 N–H and O–H groups in total. The van der Waals surface area contributed by atoms with E-state index in [1.165, 1.54) is 5.56 Å². The van der Waals surface area contributed by atoms with E-state index >= 15 is 0 Å². The molecular formula is C28H24N2O2S. The Morgan fingerprint density at radius 2 is 1.61 bits per heavy atom. The highest BCUT2D eigenvalue weighted by atomic mass is 32.2. The first-order valence-electron chi connectivity index (χ1n) is 11.0. The number of hydrogen-bond donors (Lipinski definition) is 1. The second kappa shape index (κ2) is 9.51. The average molecular weight is 453 g/mol. The van der Waals surface area contributed by atoms with E-state index in [9.17, 15) is 9.59 Å². The molecule has 4 aromatic carbocycles. The zero-order valence-electron chi connectivity index (χ0n) is 18.1. The quantitative estimate of drug-likeness (QED) is 0.396. The lowest BCUT2D eigenvalue weighted by atomic mass is 10.1. The van der Waals surface area contributed by atoms with E-state index in [4.69, 9.17) is 0 Å². The minimum absolute atomic E-state index is 0.0150. The lowest BCUT2D eigenvalue weighted by Crippen LogP contribution is -2.30. The van der Waals surface area contributed by atoms with Gasteiger partial charge in [-0.2, -0.15) is 0 Å². The number of amides is 2. The summed E-state index contributed by atoms with van der Waals surface area (Å²) < 4.78 is 0. The Bertz CT molecular complexity index is 1290. The van der Waals surface area contributed by atoms with E-state index < -0.39 is 0 Å². The molecule has 4 aromatic rings. The standard InChI is InChI=1S/C28H24N2O2S/c31-26-19-33-28(30(26)17-16-20-6-2-1-3-7-20)23-12-10-22(11-13-23)27(32)29-25-15-14-21-8-4-5-9-24(21)18-25/h1-15,18,28H,16-17,19H2,(H,29,32)/t28-/m1/s1. The third-order valence-corrected chi connectivity index (χ3v) is 7.17. The van der Waals surface area contributed by atoms with Crippen LogP contribution >= 0.6 is 11.8 Å². The summed E-state index contributed by atoms with van der Waals surface area (Å²) in [5.74, 6) is 0.510. The van der Waals surface area contributed by atoms with Crippen LogP contribution in [0.2, 0.25) is 0 Å². The number of nitrogens with one attached hydrogen (secondary N) is 1. The molecule has 5 rings (SSSR count). The minimum atomic E-state index is -0.145. The molecule has 0 unspecified atom stereocenters. The van der Waals surface area contributed by atoms with Gasteiger partial charge >= 0.3 is 0 Å². The Balaban J connectivity index is 1.26. The lowest BCUT2D eigenvalue weighted by Gasteiger charge is -2.24. The number of carbonyl (C=O) groups excluding carboxylic acids is 2. The summed E-state index contributed by atoms with van der Waals surface area (Å²) in [5, 5.41) is 5.20. The van der Waals surface area contributed by atoms with Gasteiger partial charge in [-0.1, -0.05) is 72.8 Å². The maximum Gasteiger partial charge on any atom is 0.255 e. The van der Waals surface area contributed by atoms with Crippen molar-refractivity contribution in [1.29, 1.82) is 0 Å². The molecule has 33 heavy (non-hydrogen) atoms. The highest BCUT2D eigenvalue weighted by Crippen LogP contribution is 2.38. The minimum Gasteiger partial charge on any atom is -0.326 e. The third kappa shape index (κ3) is 4.78. The lowest BCUT2D eigenvalue weighted by molar-refractivity contribution is -0.128. The molecule has 0 radical (unpaired) electrons. The summed E-state index contributed by atoms with van der Waals surface area (Å²) in [7, 11) is 0. The molecule has 2 amide bonds. The van der Waals surface area contributed by atoms with Gasteiger partial charge in [0.25, 0.3) is 5.91 Å². The highest BCUT2D eigenvalue weighted by molar-refractivity contribution is 8.00. The van der Waals surface area contributed by atoms with Crippen LogP contribution in [0, 0.1) is 0 Å². The van der Waals surface area contributed by atoms with Gasteiger partial charge < -0.3 is 10.2 Å². The number of benzene rings is 4. The summed E-state index contributed by atoms with van der Waals surface area (Å²) in [5.41, 5.74) is 3.63. The largest absolute Gasteiger partial charge is 0.326 e.